The van der Waals surface area contributed by atoms with Gasteiger partial charge in [-0.2, -0.15) is 0 Å². The highest BCUT2D eigenvalue weighted by atomic mass is 16.1. The molecule has 0 spiro atoms. The maximum Gasteiger partial charge on any atom is 0.221 e. The molecule has 1 atom stereocenters. The molecule has 0 aliphatic heterocycles. The summed E-state index contributed by atoms with van der Waals surface area (Å²) in [4.78, 5) is 11.6. The Morgan fingerprint density at radius 2 is 2.24 bits per heavy atom. The van der Waals surface area contributed by atoms with Crippen LogP contribution in [-0.2, 0) is 4.79 Å². The van der Waals surface area contributed by atoms with Gasteiger partial charge in [-0.1, -0.05) is 25.5 Å². The Hall–Kier alpha value is -0.830. The molecule has 98 valence electrons. The predicted octanol–water partition coefficient (Wildman–Crippen LogP) is 2.37. The van der Waals surface area contributed by atoms with Crippen LogP contribution in [0.15, 0.2) is 11.6 Å². The van der Waals surface area contributed by atoms with Crippen LogP contribution in [0.1, 0.15) is 52.4 Å². The van der Waals surface area contributed by atoms with Gasteiger partial charge >= 0.3 is 0 Å². The molecule has 1 rings (SSSR count). The number of hydrogen-bond acceptors (Lipinski definition) is 2. The van der Waals surface area contributed by atoms with Gasteiger partial charge in [0.1, 0.15) is 0 Å². The molecule has 0 fully saturated rings. The third-order valence-corrected chi connectivity index (χ3v) is 3.43. The SMILES string of the molecule is CC(C)C(N)CC(=O)NCCC1=CCCCC1. The molecule has 1 aliphatic rings. The van der Waals surface area contributed by atoms with Crippen molar-refractivity contribution in [1.29, 1.82) is 0 Å². The van der Waals surface area contributed by atoms with Gasteiger partial charge < -0.3 is 11.1 Å². The lowest BCUT2D eigenvalue weighted by Gasteiger charge is -2.16. The summed E-state index contributed by atoms with van der Waals surface area (Å²) in [5.41, 5.74) is 7.36. The number of rotatable bonds is 6. The minimum atomic E-state index is -0.0242. The highest BCUT2D eigenvalue weighted by Gasteiger charge is 2.12. The highest BCUT2D eigenvalue weighted by molar-refractivity contribution is 5.76. The maximum atomic E-state index is 11.6. The second-order valence-corrected chi connectivity index (χ2v) is 5.32. The number of carbonyl (C=O) groups is 1. The first kappa shape index (κ1) is 14.2. The van der Waals surface area contributed by atoms with Crippen molar-refractivity contribution in [3.05, 3.63) is 11.6 Å². The van der Waals surface area contributed by atoms with Crippen molar-refractivity contribution in [2.24, 2.45) is 11.7 Å². The van der Waals surface area contributed by atoms with Crippen LogP contribution in [0.3, 0.4) is 0 Å². The third kappa shape index (κ3) is 5.87. The van der Waals surface area contributed by atoms with Gasteiger partial charge in [-0.25, -0.2) is 0 Å². The van der Waals surface area contributed by atoms with Crippen LogP contribution in [-0.4, -0.2) is 18.5 Å². The monoisotopic (exact) mass is 238 g/mol. The minimum absolute atomic E-state index is 0.0242. The Balaban J connectivity index is 2.13. The predicted molar refractivity (Wildman–Crippen MR) is 71.6 cm³/mol. The van der Waals surface area contributed by atoms with Crippen LogP contribution >= 0.6 is 0 Å². The molecule has 3 nitrogen and oxygen atoms in total. The molecular weight excluding hydrogens is 212 g/mol. The maximum absolute atomic E-state index is 11.6. The summed E-state index contributed by atoms with van der Waals surface area (Å²) >= 11 is 0. The highest BCUT2D eigenvalue weighted by Crippen LogP contribution is 2.19. The zero-order chi connectivity index (χ0) is 12.7. The van der Waals surface area contributed by atoms with Gasteiger partial charge in [0.15, 0.2) is 0 Å². The van der Waals surface area contributed by atoms with Crippen LogP contribution < -0.4 is 11.1 Å². The molecule has 3 N–H and O–H groups in total. The van der Waals surface area contributed by atoms with Gasteiger partial charge in [0.2, 0.25) is 5.91 Å². The molecule has 0 saturated carbocycles. The van der Waals surface area contributed by atoms with Crippen LogP contribution in [0, 0.1) is 5.92 Å². The first-order valence-corrected chi connectivity index (χ1v) is 6.79. The number of nitrogens with two attached hydrogens (primary N) is 1. The zero-order valence-corrected chi connectivity index (χ0v) is 11.2. The Bertz CT molecular complexity index is 271. The summed E-state index contributed by atoms with van der Waals surface area (Å²) in [6, 6.07) is -0.0242. The smallest absolute Gasteiger partial charge is 0.221 e. The van der Waals surface area contributed by atoms with Gasteiger partial charge in [0.25, 0.3) is 0 Å². The van der Waals surface area contributed by atoms with E-state index in [4.69, 9.17) is 5.73 Å². The molecule has 0 saturated heterocycles. The van der Waals surface area contributed by atoms with Crippen molar-refractivity contribution >= 4 is 5.91 Å². The second kappa shape index (κ2) is 7.49. The zero-order valence-electron chi connectivity index (χ0n) is 11.2. The van der Waals surface area contributed by atoms with E-state index in [0.29, 0.717) is 12.3 Å². The normalized spacial score (nSPS) is 17.8. The van der Waals surface area contributed by atoms with Crippen molar-refractivity contribution < 1.29 is 4.79 Å². The lowest BCUT2D eigenvalue weighted by molar-refractivity contribution is -0.121. The lowest BCUT2D eigenvalue weighted by atomic mass is 9.97. The van der Waals surface area contributed by atoms with Gasteiger partial charge in [-0.15, -0.1) is 0 Å². The van der Waals surface area contributed by atoms with Crippen molar-refractivity contribution in [2.45, 2.75) is 58.4 Å². The molecule has 1 unspecified atom stereocenters. The molecule has 3 heteroatoms. The van der Waals surface area contributed by atoms with E-state index in [1.54, 1.807) is 0 Å². The average Bonchev–Trinajstić information content (AvgIpc) is 2.30. The molecule has 0 aromatic heterocycles. The fraction of sp³-hybridized carbons (Fsp3) is 0.786. The van der Waals surface area contributed by atoms with Crippen molar-refractivity contribution in [2.75, 3.05) is 6.54 Å². The van der Waals surface area contributed by atoms with Crippen molar-refractivity contribution in [3.8, 4) is 0 Å². The summed E-state index contributed by atoms with van der Waals surface area (Å²) < 4.78 is 0. The van der Waals surface area contributed by atoms with E-state index in [1.165, 1.54) is 31.3 Å². The van der Waals surface area contributed by atoms with E-state index in [9.17, 15) is 4.79 Å². The Labute approximate surface area is 105 Å². The first-order valence-electron chi connectivity index (χ1n) is 6.79. The van der Waals surface area contributed by atoms with Crippen molar-refractivity contribution in [3.63, 3.8) is 0 Å². The third-order valence-electron chi connectivity index (χ3n) is 3.43. The fourth-order valence-electron chi connectivity index (χ4n) is 2.02. The summed E-state index contributed by atoms with van der Waals surface area (Å²) in [5.74, 6) is 0.449. The first-order chi connectivity index (χ1) is 8.09. The summed E-state index contributed by atoms with van der Waals surface area (Å²) in [5, 5.41) is 2.96. The Morgan fingerprint density at radius 3 is 2.82 bits per heavy atom. The van der Waals surface area contributed by atoms with Gasteiger partial charge in [-0.3, -0.25) is 4.79 Å². The molecule has 0 aromatic rings. The number of nitrogens with one attached hydrogen (secondary N) is 1. The molecule has 0 bridgehead atoms. The van der Waals surface area contributed by atoms with E-state index in [2.05, 4.69) is 11.4 Å². The van der Waals surface area contributed by atoms with E-state index in [0.717, 1.165) is 13.0 Å². The number of hydrogen-bond donors (Lipinski definition) is 2. The van der Waals surface area contributed by atoms with E-state index in [1.807, 2.05) is 13.8 Å². The lowest BCUT2D eigenvalue weighted by Crippen LogP contribution is -2.35. The van der Waals surface area contributed by atoms with Crippen LogP contribution in [0.4, 0.5) is 0 Å². The van der Waals surface area contributed by atoms with E-state index in [-0.39, 0.29) is 11.9 Å². The van der Waals surface area contributed by atoms with Gasteiger partial charge in [0, 0.05) is 19.0 Å². The molecule has 1 aliphatic carbocycles. The topological polar surface area (TPSA) is 55.1 Å². The number of amides is 1. The standard InChI is InChI=1S/C14H26N2O/c1-11(2)13(15)10-14(17)16-9-8-12-6-4-3-5-7-12/h6,11,13H,3-5,7-10,15H2,1-2H3,(H,16,17). The fourth-order valence-corrected chi connectivity index (χ4v) is 2.02. The quantitative estimate of drug-likeness (QED) is 0.698. The minimum Gasteiger partial charge on any atom is -0.356 e. The Kier molecular flexibility index (Phi) is 6.27. The van der Waals surface area contributed by atoms with Gasteiger partial charge in [0.05, 0.1) is 0 Å². The molecular formula is C14H26N2O. The molecule has 0 aromatic carbocycles. The van der Waals surface area contributed by atoms with Crippen molar-refractivity contribution in [1.82, 2.24) is 5.32 Å². The van der Waals surface area contributed by atoms with Crippen LogP contribution in [0.2, 0.25) is 0 Å². The van der Waals surface area contributed by atoms with Crippen LogP contribution in [0.25, 0.3) is 0 Å². The summed E-state index contributed by atoms with van der Waals surface area (Å²) in [6.07, 6.45) is 8.81. The Morgan fingerprint density at radius 1 is 1.47 bits per heavy atom. The molecule has 0 heterocycles. The molecule has 0 radical (unpaired) electrons. The van der Waals surface area contributed by atoms with Gasteiger partial charge in [-0.05, 0) is 38.0 Å². The molecule has 17 heavy (non-hydrogen) atoms. The second-order valence-electron chi connectivity index (χ2n) is 5.32. The molecule has 1 amide bonds. The summed E-state index contributed by atoms with van der Waals surface area (Å²) in [7, 11) is 0. The number of allylic oxidation sites excluding steroid dienone is 1. The van der Waals surface area contributed by atoms with E-state index >= 15 is 0 Å². The van der Waals surface area contributed by atoms with E-state index < -0.39 is 0 Å². The average molecular weight is 238 g/mol. The summed E-state index contributed by atoms with van der Waals surface area (Å²) in [6.45, 7) is 4.85. The van der Waals surface area contributed by atoms with Crippen LogP contribution in [0.5, 0.6) is 0 Å². The largest absolute Gasteiger partial charge is 0.356 e. The number of carbonyl (C=O) groups excluding carboxylic acids is 1.